The van der Waals surface area contributed by atoms with Gasteiger partial charge in [-0.05, 0) is 42.9 Å². The number of carbonyl (C=O) groups is 3. The molecule has 1 heterocycles. The number of imide groups is 1. The van der Waals surface area contributed by atoms with Gasteiger partial charge >= 0.3 is 6.03 Å². The maximum Gasteiger partial charge on any atom is 0.325 e. The van der Waals surface area contributed by atoms with E-state index in [-0.39, 0.29) is 6.54 Å². The number of amides is 4. The van der Waals surface area contributed by atoms with E-state index < -0.39 is 23.4 Å². The SMILES string of the molecule is COCCNC(=O)CN1C(=O)N[C@@](C)(c2ccc3c(c2)CCC3)C1=O. The molecule has 0 saturated carbocycles. The van der Waals surface area contributed by atoms with E-state index >= 15 is 0 Å². The fourth-order valence-electron chi connectivity index (χ4n) is 3.41. The lowest BCUT2D eigenvalue weighted by Gasteiger charge is -2.23. The normalized spacial score (nSPS) is 22.1. The average molecular weight is 345 g/mol. The number of carbonyl (C=O) groups excluding carboxylic acids is 3. The van der Waals surface area contributed by atoms with Gasteiger partial charge < -0.3 is 15.4 Å². The van der Waals surface area contributed by atoms with Gasteiger partial charge in [-0.25, -0.2) is 4.79 Å². The van der Waals surface area contributed by atoms with Gasteiger partial charge in [-0.3, -0.25) is 14.5 Å². The molecule has 1 aliphatic heterocycles. The van der Waals surface area contributed by atoms with Crippen LogP contribution in [0.5, 0.6) is 0 Å². The Morgan fingerprint density at radius 1 is 1.32 bits per heavy atom. The number of methoxy groups -OCH3 is 1. The van der Waals surface area contributed by atoms with E-state index in [0.717, 1.165) is 29.7 Å². The molecule has 7 heteroatoms. The van der Waals surface area contributed by atoms with Crippen LogP contribution in [0.3, 0.4) is 0 Å². The number of benzene rings is 1. The van der Waals surface area contributed by atoms with Crippen LogP contribution < -0.4 is 10.6 Å². The molecule has 1 atom stereocenters. The van der Waals surface area contributed by atoms with Crippen molar-refractivity contribution < 1.29 is 19.1 Å². The molecule has 1 aromatic rings. The number of urea groups is 1. The molecule has 0 spiro atoms. The van der Waals surface area contributed by atoms with Gasteiger partial charge in [0.25, 0.3) is 5.91 Å². The Labute approximate surface area is 146 Å². The average Bonchev–Trinajstić information content (AvgIpc) is 3.13. The van der Waals surface area contributed by atoms with Crippen LogP contribution in [-0.4, -0.2) is 49.6 Å². The van der Waals surface area contributed by atoms with Crippen LogP contribution in [0.4, 0.5) is 4.79 Å². The Kier molecular flexibility index (Phi) is 4.76. The molecular weight excluding hydrogens is 322 g/mol. The first-order chi connectivity index (χ1) is 12.0. The van der Waals surface area contributed by atoms with E-state index in [0.29, 0.717) is 13.2 Å². The molecule has 0 unspecified atom stereocenters. The number of hydrogen-bond donors (Lipinski definition) is 2. The van der Waals surface area contributed by atoms with E-state index in [1.807, 2.05) is 18.2 Å². The number of fused-ring (bicyclic) bond motifs is 1. The summed E-state index contributed by atoms with van der Waals surface area (Å²) in [6, 6.07) is 5.38. The summed E-state index contributed by atoms with van der Waals surface area (Å²) in [7, 11) is 1.53. The summed E-state index contributed by atoms with van der Waals surface area (Å²) in [5.41, 5.74) is 2.16. The van der Waals surface area contributed by atoms with Crippen molar-refractivity contribution in [1.82, 2.24) is 15.5 Å². The minimum absolute atomic E-state index is 0.297. The summed E-state index contributed by atoms with van der Waals surface area (Å²) < 4.78 is 4.86. The van der Waals surface area contributed by atoms with Crippen LogP contribution >= 0.6 is 0 Å². The lowest BCUT2D eigenvalue weighted by atomic mass is 9.89. The second kappa shape index (κ2) is 6.84. The summed E-state index contributed by atoms with van der Waals surface area (Å²) >= 11 is 0. The minimum Gasteiger partial charge on any atom is -0.383 e. The van der Waals surface area contributed by atoms with Crippen LogP contribution in [0.25, 0.3) is 0 Å². The molecule has 0 aromatic heterocycles. The van der Waals surface area contributed by atoms with Crippen molar-refractivity contribution in [3.63, 3.8) is 0 Å². The van der Waals surface area contributed by atoms with Gasteiger partial charge in [0, 0.05) is 13.7 Å². The van der Waals surface area contributed by atoms with Crippen LogP contribution in [0, 0.1) is 0 Å². The largest absolute Gasteiger partial charge is 0.383 e. The molecular formula is C18H23N3O4. The van der Waals surface area contributed by atoms with E-state index in [4.69, 9.17) is 4.74 Å². The number of nitrogens with one attached hydrogen (secondary N) is 2. The van der Waals surface area contributed by atoms with Crippen LogP contribution in [0.1, 0.15) is 30.0 Å². The van der Waals surface area contributed by atoms with Gasteiger partial charge in [-0.15, -0.1) is 0 Å². The topological polar surface area (TPSA) is 87.7 Å². The first kappa shape index (κ1) is 17.4. The van der Waals surface area contributed by atoms with Gasteiger partial charge in [0.05, 0.1) is 6.61 Å². The van der Waals surface area contributed by atoms with E-state index in [2.05, 4.69) is 10.6 Å². The summed E-state index contributed by atoms with van der Waals surface area (Å²) in [6.45, 7) is 2.10. The highest BCUT2D eigenvalue weighted by molar-refractivity contribution is 6.09. The summed E-state index contributed by atoms with van der Waals surface area (Å²) in [4.78, 5) is 38.0. The van der Waals surface area contributed by atoms with E-state index in [9.17, 15) is 14.4 Å². The minimum atomic E-state index is -1.14. The predicted molar refractivity (Wildman–Crippen MR) is 90.9 cm³/mol. The number of ether oxygens (including phenoxy) is 1. The quantitative estimate of drug-likeness (QED) is 0.587. The third-order valence-electron chi connectivity index (χ3n) is 4.88. The highest BCUT2D eigenvalue weighted by atomic mass is 16.5. The molecule has 1 aliphatic carbocycles. The first-order valence-corrected chi connectivity index (χ1v) is 8.47. The van der Waals surface area contributed by atoms with Crippen molar-refractivity contribution in [2.75, 3.05) is 26.8 Å². The molecule has 1 aromatic carbocycles. The van der Waals surface area contributed by atoms with Gasteiger partial charge in [-0.1, -0.05) is 18.2 Å². The summed E-state index contributed by atoms with van der Waals surface area (Å²) in [5, 5.41) is 5.36. The number of hydrogen-bond acceptors (Lipinski definition) is 4. The monoisotopic (exact) mass is 345 g/mol. The van der Waals surface area contributed by atoms with Gasteiger partial charge in [0.1, 0.15) is 12.1 Å². The molecule has 2 N–H and O–H groups in total. The van der Waals surface area contributed by atoms with E-state index in [1.54, 1.807) is 6.92 Å². The highest BCUT2D eigenvalue weighted by Gasteiger charge is 2.49. The fraction of sp³-hybridized carbons (Fsp3) is 0.500. The van der Waals surface area contributed by atoms with Crippen molar-refractivity contribution in [3.05, 3.63) is 34.9 Å². The van der Waals surface area contributed by atoms with Gasteiger partial charge in [-0.2, -0.15) is 0 Å². The summed E-state index contributed by atoms with van der Waals surface area (Å²) in [5.74, 6) is -0.795. The second-order valence-electron chi connectivity index (χ2n) is 6.63. The van der Waals surface area contributed by atoms with Gasteiger partial charge in [0.15, 0.2) is 0 Å². The fourth-order valence-corrected chi connectivity index (χ4v) is 3.41. The summed E-state index contributed by atoms with van der Waals surface area (Å²) in [6.07, 6.45) is 3.16. The zero-order valence-electron chi connectivity index (χ0n) is 14.6. The smallest absolute Gasteiger partial charge is 0.325 e. The van der Waals surface area contributed by atoms with E-state index in [1.165, 1.54) is 18.2 Å². The third kappa shape index (κ3) is 3.24. The maximum atomic E-state index is 12.8. The predicted octanol–water partition coefficient (Wildman–Crippen LogP) is 0.705. The Balaban J connectivity index is 1.74. The molecule has 25 heavy (non-hydrogen) atoms. The third-order valence-corrected chi connectivity index (χ3v) is 4.88. The molecule has 0 radical (unpaired) electrons. The van der Waals surface area contributed by atoms with Crippen molar-refractivity contribution in [3.8, 4) is 0 Å². The molecule has 4 amide bonds. The molecule has 0 bridgehead atoms. The number of nitrogens with zero attached hydrogens (tertiary/aromatic N) is 1. The Morgan fingerprint density at radius 2 is 2.08 bits per heavy atom. The number of rotatable bonds is 6. The molecule has 3 rings (SSSR count). The standard InChI is InChI=1S/C18H23N3O4/c1-18(14-7-6-12-4-3-5-13(12)10-14)16(23)21(17(24)20-18)11-15(22)19-8-9-25-2/h6-7,10H,3-5,8-9,11H2,1-2H3,(H,19,22)(H,20,24)/t18-/m0/s1. The molecule has 134 valence electrons. The highest BCUT2D eigenvalue weighted by Crippen LogP contribution is 2.32. The Morgan fingerprint density at radius 3 is 2.84 bits per heavy atom. The van der Waals surface area contributed by atoms with Crippen molar-refractivity contribution in [2.45, 2.75) is 31.7 Å². The van der Waals surface area contributed by atoms with Crippen molar-refractivity contribution in [1.29, 1.82) is 0 Å². The molecule has 1 saturated heterocycles. The molecule has 2 aliphatic rings. The Hall–Kier alpha value is -2.41. The lowest BCUT2D eigenvalue weighted by Crippen LogP contribution is -2.43. The van der Waals surface area contributed by atoms with Crippen LogP contribution in [0.2, 0.25) is 0 Å². The van der Waals surface area contributed by atoms with Crippen molar-refractivity contribution in [2.24, 2.45) is 0 Å². The van der Waals surface area contributed by atoms with Crippen LogP contribution in [0.15, 0.2) is 18.2 Å². The molecule has 1 fully saturated rings. The second-order valence-corrected chi connectivity index (χ2v) is 6.63. The lowest BCUT2D eigenvalue weighted by molar-refractivity contribution is -0.134. The van der Waals surface area contributed by atoms with Gasteiger partial charge in [0.2, 0.25) is 5.91 Å². The molecule has 7 nitrogen and oxygen atoms in total. The van der Waals surface area contributed by atoms with Crippen LogP contribution in [-0.2, 0) is 32.7 Å². The first-order valence-electron chi connectivity index (χ1n) is 8.47. The maximum absolute atomic E-state index is 12.8. The zero-order valence-corrected chi connectivity index (χ0v) is 14.6. The van der Waals surface area contributed by atoms with Crippen molar-refractivity contribution >= 4 is 17.8 Å². The Bertz CT molecular complexity index is 718. The zero-order chi connectivity index (χ0) is 18.0. The number of aryl methyl sites for hydroxylation is 2.